The first-order valence-electron chi connectivity index (χ1n) is 7.59. The van der Waals surface area contributed by atoms with Crippen LogP contribution in [0.5, 0.6) is 0 Å². The number of hydrogen-bond donors (Lipinski definition) is 2. The molecule has 0 aliphatic heterocycles. The van der Waals surface area contributed by atoms with Gasteiger partial charge in [-0.15, -0.1) is 0 Å². The smallest absolute Gasteiger partial charge is 0.307 e. The van der Waals surface area contributed by atoms with Crippen LogP contribution >= 0.6 is 0 Å². The van der Waals surface area contributed by atoms with Crippen molar-refractivity contribution in [2.75, 3.05) is 19.6 Å². The van der Waals surface area contributed by atoms with Gasteiger partial charge < -0.3 is 10.8 Å². The number of nitrogens with two attached hydrogens (primary N) is 1. The Balaban J connectivity index is 2.86. The summed E-state index contributed by atoms with van der Waals surface area (Å²) in [6.45, 7) is 9.82. The predicted molar refractivity (Wildman–Crippen MR) is 86.2 cm³/mol. The van der Waals surface area contributed by atoms with Crippen molar-refractivity contribution < 1.29 is 9.90 Å². The van der Waals surface area contributed by atoms with E-state index in [2.05, 4.69) is 25.7 Å². The lowest BCUT2D eigenvalue weighted by Crippen LogP contribution is -2.39. The molecule has 0 amide bonds. The highest BCUT2D eigenvalue weighted by Crippen LogP contribution is 2.19. The van der Waals surface area contributed by atoms with Crippen molar-refractivity contribution in [3.8, 4) is 0 Å². The van der Waals surface area contributed by atoms with Crippen molar-refractivity contribution >= 4 is 5.97 Å². The molecule has 0 unspecified atom stereocenters. The average Bonchev–Trinajstić information content (AvgIpc) is 2.40. The second kappa shape index (κ2) is 8.15. The Morgan fingerprint density at radius 1 is 1.29 bits per heavy atom. The molecule has 0 fully saturated rings. The Labute approximate surface area is 128 Å². The molecule has 1 rings (SSSR count). The molecule has 0 bridgehead atoms. The van der Waals surface area contributed by atoms with Crippen molar-refractivity contribution in [1.82, 2.24) is 4.90 Å². The van der Waals surface area contributed by atoms with Gasteiger partial charge in [-0.05, 0) is 36.1 Å². The van der Waals surface area contributed by atoms with Crippen LogP contribution in [0.3, 0.4) is 0 Å². The summed E-state index contributed by atoms with van der Waals surface area (Å²) in [6, 6.07) is 7.80. The summed E-state index contributed by atoms with van der Waals surface area (Å²) < 4.78 is 0. The zero-order valence-corrected chi connectivity index (χ0v) is 13.4. The van der Waals surface area contributed by atoms with E-state index in [1.807, 2.05) is 24.3 Å². The first-order chi connectivity index (χ1) is 9.88. The number of aliphatic carboxylic acids is 1. The van der Waals surface area contributed by atoms with Gasteiger partial charge in [-0.1, -0.05) is 45.0 Å². The fourth-order valence-corrected chi connectivity index (χ4v) is 2.49. The number of benzene rings is 1. The summed E-state index contributed by atoms with van der Waals surface area (Å²) in [5.74, 6) is -0.785. The standard InChI is InChI=1S/C17H28N2O2/c1-4-9-19(13-17(2,3)12-18)11-15-8-6-5-7-14(15)10-16(20)21/h5-8H,4,9-13,18H2,1-3H3,(H,20,21). The van der Waals surface area contributed by atoms with E-state index in [9.17, 15) is 4.79 Å². The number of carboxylic acid groups (broad SMARTS) is 1. The van der Waals surface area contributed by atoms with Gasteiger partial charge in [0.1, 0.15) is 0 Å². The van der Waals surface area contributed by atoms with Gasteiger partial charge in [0.05, 0.1) is 6.42 Å². The molecule has 4 nitrogen and oxygen atoms in total. The maximum Gasteiger partial charge on any atom is 0.307 e. The molecule has 3 N–H and O–H groups in total. The molecular formula is C17H28N2O2. The van der Waals surface area contributed by atoms with E-state index in [0.717, 1.165) is 37.2 Å². The van der Waals surface area contributed by atoms with Crippen LogP contribution in [0.2, 0.25) is 0 Å². The van der Waals surface area contributed by atoms with E-state index in [-0.39, 0.29) is 11.8 Å². The Bertz CT molecular complexity index is 458. The van der Waals surface area contributed by atoms with E-state index in [4.69, 9.17) is 10.8 Å². The molecule has 4 heteroatoms. The number of rotatable bonds is 9. The minimum absolute atomic E-state index is 0.0664. The van der Waals surface area contributed by atoms with Crippen molar-refractivity contribution in [1.29, 1.82) is 0 Å². The van der Waals surface area contributed by atoms with E-state index in [1.54, 1.807) is 0 Å². The van der Waals surface area contributed by atoms with Gasteiger partial charge in [-0.3, -0.25) is 9.69 Å². The van der Waals surface area contributed by atoms with Crippen LogP contribution in [0.1, 0.15) is 38.3 Å². The van der Waals surface area contributed by atoms with Gasteiger partial charge in [0, 0.05) is 13.1 Å². The molecule has 0 aliphatic rings. The van der Waals surface area contributed by atoms with Gasteiger partial charge in [-0.2, -0.15) is 0 Å². The molecule has 0 heterocycles. The van der Waals surface area contributed by atoms with Gasteiger partial charge in [0.25, 0.3) is 0 Å². The molecule has 0 aromatic heterocycles. The lowest BCUT2D eigenvalue weighted by atomic mass is 9.92. The van der Waals surface area contributed by atoms with Crippen LogP contribution in [-0.2, 0) is 17.8 Å². The Morgan fingerprint density at radius 3 is 2.43 bits per heavy atom. The maximum absolute atomic E-state index is 11.0. The molecule has 0 saturated heterocycles. The van der Waals surface area contributed by atoms with Crippen LogP contribution < -0.4 is 5.73 Å². The Hall–Kier alpha value is -1.39. The van der Waals surface area contributed by atoms with E-state index in [1.165, 1.54) is 0 Å². The topological polar surface area (TPSA) is 66.6 Å². The second-order valence-electron chi connectivity index (χ2n) is 6.42. The summed E-state index contributed by atoms with van der Waals surface area (Å²) in [5.41, 5.74) is 7.90. The molecule has 0 atom stereocenters. The third kappa shape index (κ3) is 6.27. The van der Waals surface area contributed by atoms with Crippen LogP contribution in [0, 0.1) is 5.41 Å². The maximum atomic E-state index is 11.0. The summed E-state index contributed by atoms with van der Waals surface area (Å²) in [5, 5.41) is 9.02. The fraction of sp³-hybridized carbons (Fsp3) is 0.588. The van der Waals surface area contributed by atoms with Crippen molar-refractivity contribution in [2.45, 2.75) is 40.2 Å². The largest absolute Gasteiger partial charge is 0.481 e. The summed E-state index contributed by atoms with van der Waals surface area (Å²) >= 11 is 0. The quantitative estimate of drug-likeness (QED) is 0.734. The minimum Gasteiger partial charge on any atom is -0.481 e. The zero-order chi connectivity index (χ0) is 15.9. The van der Waals surface area contributed by atoms with Crippen LogP contribution in [0.25, 0.3) is 0 Å². The average molecular weight is 292 g/mol. The summed E-state index contributed by atoms with van der Waals surface area (Å²) in [6.07, 6.45) is 1.15. The summed E-state index contributed by atoms with van der Waals surface area (Å²) in [4.78, 5) is 13.3. The molecule has 118 valence electrons. The van der Waals surface area contributed by atoms with Crippen molar-refractivity contribution in [3.05, 3.63) is 35.4 Å². The van der Waals surface area contributed by atoms with E-state index in [0.29, 0.717) is 6.54 Å². The Kier molecular flexibility index (Phi) is 6.85. The number of carbonyl (C=O) groups is 1. The molecule has 0 radical (unpaired) electrons. The van der Waals surface area contributed by atoms with Gasteiger partial charge in [-0.25, -0.2) is 0 Å². The van der Waals surface area contributed by atoms with Crippen LogP contribution in [0.4, 0.5) is 0 Å². The molecule has 0 aliphatic carbocycles. The van der Waals surface area contributed by atoms with E-state index >= 15 is 0 Å². The van der Waals surface area contributed by atoms with E-state index < -0.39 is 5.97 Å². The highest BCUT2D eigenvalue weighted by atomic mass is 16.4. The highest BCUT2D eigenvalue weighted by molar-refractivity contribution is 5.70. The minimum atomic E-state index is -0.785. The Morgan fingerprint density at radius 2 is 1.90 bits per heavy atom. The lowest BCUT2D eigenvalue weighted by molar-refractivity contribution is -0.136. The molecule has 0 spiro atoms. The SMILES string of the molecule is CCCN(Cc1ccccc1CC(=O)O)CC(C)(C)CN. The van der Waals surface area contributed by atoms with Gasteiger partial charge >= 0.3 is 5.97 Å². The first-order valence-corrected chi connectivity index (χ1v) is 7.59. The monoisotopic (exact) mass is 292 g/mol. The molecule has 21 heavy (non-hydrogen) atoms. The molecular weight excluding hydrogens is 264 g/mol. The third-order valence-electron chi connectivity index (χ3n) is 3.60. The third-order valence-corrected chi connectivity index (χ3v) is 3.60. The fourth-order valence-electron chi connectivity index (χ4n) is 2.49. The second-order valence-corrected chi connectivity index (χ2v) is 6.42. The number of carboxylic acids is 1. The molecule has 1 aromatic carbocycles. The van der Waals surface area contributed by atoms with Gasteiger partial charge in [0.15, 0.2) is 0 Å². The highest BCUT2D eigenvalue weighted by Gasteiger charge is 2.20. The molecule has 0 saturated carbocycles. The van der Waals surface area contributed by atoms with Crippen LogP contribution in [-0.4, -0.2) is 35.6 Å². The predicted octanol–water partition coefficient (Wildman–Crippen LogP) is 2.51. The van der Waals surface area contributed by atoms with Gasteiger partial charge in [0.2, 0.25) is 0 Å². The number of nitrogens with zero attached hydrogens (tertiary/aromatic N) is 1. The first kappa shape index (κ1) is 17.7. The van der Waals surface area contributed by atoms with Crippen molar-refractivity contribution in [2.24, 2.45) is 11.1 Å². The summed E-state index contributed by atoms with van der Waals surface area (Å²) in [7, 11) is 0. The van der Waals surface area contributed by atoms with Crippen LogP contribution in [0.15, 0.2) is 24.3 Å². The normalized spacial score (nSPS) is 11.9. The zero-order valence-electron chi connectivity index (χ0n) is 13.4. The number of hydrogen-bond acceptors (Lipinski definition) is 3. The molecule has 1 aromatic rings. The van der Waals surface area contributed by atoms with Crippen molar-refractivity contribution in [3.63, 3.8) is 0 Å². The lowest BCUT2D eigenvalue weighted by Gasteiger charge is -2.32.